The molecule has 0 aliphatic carbocycles. The number of carbonyl (C=O) groups excluding carboxylic acids is 2. The molecule has 3 heterocycles. The van der Waals surface area contributed by atoms with Crippen LogP contribution in [-0.2, 0) is 4.79 Å². The van der Waals surface area contributed by atoms with Gasteiger partial charge in [0.15, 0.2) is 17.3 Å². The van der Waals surface area contributed by atoms with Crippen molar-refractivity contribution in [3.05, 3.63) is 58.8 Å². The third-order valence-corrected chi connectivity index (χ3v) is 6.34. The third-order valence-electron chi connectivity index (χ3n) is 6.11. The normalized spacial score (nSPS) is 17.7. The van der Waals surface area contributed by atoms with E-state index in [1.165, 1.54) is 6.07 Å². The molecule has 9 heteroatoms. The van der Waals surface area contributed by atoms with Gasteiger partial charge in [0.05, 0.1) is 6.04 Å². The number of aliphatic hydroxyl groups is 1. The minimum absolute atomic E-state index is 0.0834. The molecule has 178 valence electrons. The number of likely N-dealkylation sites (tertiary alicyclic amines) is 1. The van der Waals surface area contributed by atoms with E-state index in [9.17, 15) is 14.7 Å². The minimum atomic E-state index is -1.06. The van der Waals surface area contributed by atoms with Gasteiger partial charge in [-0.15, -0.1) is 0 Å². The summed E-state index contributed by atoms with van der Waals surface area (Å²) in [5, 5.41) is 15.0. The van der Waals surface area contributed by atoms with Crippen LogP contribution in [-0.4, -0.2) is 60.6 Å². The highest BCUT2D eigenvalue weighted by atomic mass is 35.5. The molecule has 2 atom stereocenters. The lowest BCUT2D eigenvalue weighted by molar-refractivity contribution is -0.119. The molecule has 0 saturated carbocycles. The number of halogens is 1. The van der Waals surface area contributed by atoms with Gasteiger partial charge in [-0.3, -0.25) is 9.59 Å². The molecule has 1 aromatic heterocycles. The lowest BCUT2D eigenvalue weighted by Gasteiger charge is -2.40. The van der Waals surface area contributed by atoms with Gasteiger partial charge in [0.1, 0.15) is 24.9 Å². The van der Waals surface area contributed by atoms with Crippen molar-refractivity contribution in [3.63, 3.8) is 0 Å². The number of benzene rings is 2. The maximum absolute atomic E-state index is 12.9. The molecule has 8 nitrogen and oxygen atoms in total. The topological polar surface area (TPSA) is 101 Å². The van der Waals surface area contributed by atoms with Crippen molar-refractivity contribution in [2.75, 3.05) is 32.8 Å². The fraction of sp³-hybridized carbons (Fsp3) is 0.360. The highest BCUT2D eigenvalue weighted by molar-refractivity contribution is 6.42. The number of amides is 1. The van der Waals surface area contributed by atoms with E-state index in [0.29, 0.717) is 58.7 Å². The zero-order valence-electron chi connectivity index (χ0n) is 18.6. The van der Waals surface area contributed by atoms with Gasteiger partial charge in [0.25, 0.3) is 11.7 Å². The van der Waals surface area contributed by atoms with E-state index in [1.807, 2.05) is 0 Å². The highest BCUT2D eigenvalue weighted by Crippen LogP contribution is 2.34. The van der Waals surface area contributed by atoms with Gasteiger partial charge in [-0.1, -0.05) is 24.6 Å². The number of ketones is 1. The SMILES string of the molecule is CC1CN(C[C@@H](NC(=O)C(=O)c2cc3cc(Cl)ccc3o2)[C@H](O)c2ccc3c(c2)OCCO3)C1. The summed E-state index contributed by atoms with van der Waals surface area (Å²) in [6.45, 7) is 5.15. The Labute approximate surface area is 201 Å². The predicted molar refractivity (Wildman–Crippen MR) is 125 cm³/mol. The van der Waals surface area contributed by atoms with Crippen LogP contribution in [0.25, 0.3) is 11.0 Å². The lowest BCUT2D eigenvalue weighted by atomic mass is 9.97. The van der Waals surface area contributed by atoms with Crippen LogP contribution in [0.5, 0.6) is 11.5 Å². The van der Waals surface area contributed by atoms with Crippen molar-refractivity contribution in [1.29, 1.82) is 0 Å². The number of nitrogens with one attached hydrogen (secondary N) is 1. The maximum Gasteiger partial charge on any atom is 0.296 e. The van der Waals surface area contributed by atoms with Crippen molar-refractivity contribution >= 4 is 34.3 Å². The Morgan fingerprint density at radius 2 is 1.88 bits per heavy atom. The molecule has 3 aromatic rings. The number of aliphatic hydroxyl groups excluding tert-OH is 1. The van der Waals surface area contributed by atoms with Crippen LogP contribution in [0.1, 0.15) is 29.1 Å². The first-order valence-corrected chi connectivity index (χ1v) is 11.6. The Bertz CT molecular complexity index is 1240. The summed E-state index contributed by atoms with van der Waals surface area (Å²) in [6.07, 6.45) is -1.06. The van der Waals surface area contributed by atoms with Crippen molar-refractivity contribution in [2.24, 2.45) is 5.92 Å². The zero-order valence-corrected chi connectivity index (χ0v) is 19.4. The number of hydrogen-bond donors (Lipinski definition) is 2. The first-order chi connectivity index (χ1) is 16.4. The molecular formula is C25H25ClN2O6. The average Bonchev–Trinajstić information content (AvgIpc) is 3.24. The molecule has 0 bridgehead atoms. The van der Waals surface area contributed by atoms with Crippen LogP contribution in [0.4, 0.5) is 0 Å². The Hall–Kier alpha value is -3.07. The minimum Gasteiger partial charge on any atom is -0.486 e. The number of furan rings is 1. The van der Waals surface area contributed by atoms with Crippen LogP contribution in [0.2, 0.25) is 5.02 Å². The van der Waals surface area contributed by atoms with E-state index in [1.54, 1.807) is 36.4 Å². The number of hydrogen-bond acceptors (Lipinski definition) is 7. The monoisotopic (exact) mass is 484 g/mol. The number of rotatable bonds is 7. The molecule has 2 N–H and O–H groups in total. The lowest BCUT2D eigenvalue weighted by Crippen LogP contribution is -2.54. The van der Waals surface area contributed by atoms with Crippen molar-refractivity contribution in [3.8, 4) is 11.5 Å². The second-order valence-electron chi connectivity index (χ2n) is 8.87. The van der Waals surface area contributed by atoms with Gasteiger partial charge >= 0.3 is 0 Å². The predicted octanol–water partition coefficient (Wildman–Crippen LogP) is 3.21. The fourth-order valence-corrected chi connectivity index (χ4v) is 4.61. The Morgan fingerprint density at radius 1 is 1.12 bits per heavy atom. The number of Topliss-reactive ketones (excluding diaryl/α,β-unsaturated/α-hetero) is 1. The summed E-state index contributed by atoms with van der Waals surface area (Å²) < 4.78 is 16.7. The maximum atomic E-state index is 12.9. The van der Waals surface area contributed by atoms with Crippen LogP contribution >= 0.6 is 11.6 Å². The van der Waals surface area contributed by atoms with Gasteiger partial charge < -0.3 is 29.2 Å². The Kier molecular flexibility index (Phi) is 6.20. The molecule has 5 rings (SSSR count). The highest BCUT2D eigenvalue weighted by Gasteiger charge is 2.33. The number of fused-ring (bicyclic) bond motifs is 2. The zero-order chi connectivity index (χ0) is 23.8. The van der Waals surface area contributed by atoms with Crippen molar-refractivity contribution < 1.29 is 28.6 Å². The first kappa shape index (κ1) is 22.7. The largest absolute Gasteiger partial charge is 0.486 e. The summed E-state index contributed by atoms with van der Waals surface area (Å²) in [6, 6.07) is 10.9. The van der Waals surface area contributed by atoms with Gasteiger partial charge in [0.2, 0.25) is 0 Å². The molecule has 34 heavy (non-hydrogen) atoms. The summed E-state index contributed by atoms with van der Waals surface area (Å²) in [5.41, 5.74) is 1.02. The smallest absolute Gasteiger partial charge is 0.296 e. The molecule has 2 aromatic carbocycles. The molecule has 1 fully saturated rings. The number of carbonyl (C=O) groups is 2. The molecular weight excluding hydrogens is 460 g/mol. The van der Waals surface area contributed by atoms with Gasteiger partial charge in [-0.2, -0.15) is 0 Å². The van der Waals surface area contributed by atoms with Gasteiger partial charge in [0, 0.05) is 30.0 Å². The van der Waals surface area contributed by atoms with Crippen LogP contribution in [0, 0.1) is 5.92 Å². The van der Waals surface area contributed by atoms with E-state index in [2.05, 4.69) is 17.1 Å². The van der Waals surface area contributed by atoms with Crippen LogP contribution in [0.3, 0.4) is 0 Å². The summed E-state index contributed by atoms with van der Waals surface area (Å²) in [5.74, 6) is -0.0438. The Morgan fingerprint density at radius 3 is 2.65 bits per heavy atom. The summed E-state index contributed by atoms with van der Waals surface area (Å²) in [7, 11) is 0. The van der Waals surface area contributed by atoms with E-state index in [0.717, 1.165) is 13.1 Å². The molecule has 1 saturated heterocycles. The first-order valence-electron chi connectivity index (χ1n) is 11.2. The van der Waals surface area contributed by atoms with E-state index in [4.69, 9.17) is 25.5 Å². The molecule has 2 aliphatic heterocycles. The second-order valence-corrected chi connectivity index (χ2v) is 9.31. The Balaban J connectivity index is 1.35. The van der Waals surface area contributed by atoms with E-state index < -0.39 is 23.8 Å². The van der Waals surface area contributed by atoms with Crippen molar-refractivity contribution in [2.45, 2.75) is 19.1 Å². The quantitative estimate of drug-likeness (QED) is 0.392. The van der Waals surface area contributed by atoms with E-state index >= 15 is 0 Å². The number of nitrogens with zero attached hydrogens (tertiary/aromatic N) is 1. The van der Waals surface area contributed by atoms with Gasteiger partial charge in [-0.05, 0) is 47.9 Å². The fourth-order valence-electron chi connectivity index (χ4n) is 4.43. The average molecular weight is 485 g/mol. The number of ether oxygens (including phenoxy) is 2. The molecule has 1 amide bonds. The van der Waals surface area contributed by atoms with Gasteiger partial charge in [-0.25, -0.2) is 0 Å². The summed E-state index contributed by atoms with van der Waals surface area (Å²) in [4.78, 5) is 27.9. The second kappa shape index (κ2) is 9.29. The third kappa shape index (κ3) is 4.61. The van der Waals surface area contributed by atoms with Crippen molar-refractivity contribution in [1.82, 2.24) is 10.2 Å². The standard InChI is InChI=1S/C25H25ClN2O6/c1-14-11-28(12-14)13-18(23(29)15-2-4-20-21(9-15)33-7-6-32-20)27-25(31)24(30)22-10-16-8-17(26)3-5-19(16)34-22/h2-5,8-10,14,18,23,29H,6-7,11-13H2,1H3,(H,27,31)/t18-,23-/m1/s1. The van der Waals surface area contributed by atoms with Crippen LogP contribution in [0.15, 0.2) is 46.9 Å². The van der Waals surface area contributed by atoms with Crippen LogP contribution < -0.4 is 14.8 Å². The molecule has 0 unspecified atom stereocenters. The van der Waals surface area contributed by atoms with E-state index in [-0.39, 0.29) is 5.76 Å². The molecule has 0 radical (unpaired) electrons. The molecule has 0 spiro atoms. The molecule has 2 aliphatic rings. The summed E-state index contributed by atoms with van der Waals surface area (Å²) >= 11 is 6.00.